The number of hydrogen-bond donors (Lipinski definition) is 0. The van der Waals surface area contributed by atoms with Crippen LogP contribution in [0.15, 0.2) is 224 Å². The zero-order chi connectivity index (χ0) is 58.4. The lowest BCUT2D eigenvalue weighted by molar-refractivity contribution is 0.893. The van der Waals surface area contributed by atoms with Gasteiger partial charge in [0.25, 0.3) is 0 Å². The summed E-state index contributed by atoms with van der Waals surface area (Å²) in [6.07, 6.45) is 0. The van der Waals surface area contributed by atoms with Crippen molar-refractivity contribution >= 4 is 43.6 Å². The third-order valence-electron chi connectivity index (χ3n) is 10.6. The lowest BCUT2D eigenvalue weighted by Gasteiger charge is -2.15. The van der Waals surface area contributed by atoms with Crippen molar-refractivity contribution in [3.63, 3.8) is 0 Å². The van der Waals surface area contributed by atoms with Gasteiger partial charge in [0.15, 0.2) is 5.82 Å². The molecule has 0 saturated heterocycles. The Kier molecular flexibility index (Phi) is 4.91. The zero-order valence-corrected chi connectivity index (χ0v) is 32.1. The molecule has 0 aliphatic carbocycles. The summed E-state index contributed by atoms with van der Waals surface area (Å²) in [5.74, 6) is -1.38. The number of para-hydroxylation sites is 3. The molecule has 0 unspecified atom stereocenters. The fraction of sp³-hybridized carbons (Fsp3) is 0. The van der Waals surface area contributed by atoms with Crippen LogP contribution in [0, 0.1) is 0 Å². The van der Waals surface area contributed by atoms with Crippen molar-refractivity contribution in [3.8, 4) is 67.8 Å². The monoisotopic (exact) mass is 811 g/mol. The van der Waals surface area contributed by atoms with Crippen molar-refractivity contribution in [2.75, 3.05) is 0 Å². The molecular weight excluding hydrogens is 755 g/mol. The summed E-state index contributed by atoms with van der Waals surface area (Å²) in [5.41, 5.74) is 2.65. The van der Waals surface area contributed by atoms with Gasteiger partial charge < -0.3 is 0 Å². The highest BCUT2D eigenvalue weighted by Gasteiger charge is 2.21. The van der Waals surface area contributed by atoms with E-state index in [2.05, 4.69) is 0 Å². The topological polar surface area (TPSA) is 48.5 Å². The Hall–Kier alpha value is -8.41. The second kappa shape index (κ2) is 14.7. The molecule has 0 aliphatic rings. The number of hydrogen-bond acceptors (Lipinski definition) is 3. The maximum Gasteiger partial charge on any atom is 0.240 e. The molecule has 0 fully saturated rings. The highest BCUT2D eigenvalue weighted by Crippen LogP contribution is 2.40. The first-order valence-electron chi connectivity index (χ1n) is 29.3. The molecule has 5 heteroatoms. The van der Waals surface area contributed by atoms with Gasteiger partial charge in [0.05, 0.1) is 49.5 Å². The van der Waals surface area contributed by atoms with Gasteiger partial charge in [-0.2, -0.15) is 15.0 Å². The second-order valence-corrected chi connectivity index (χ2v) is 14.1. The molecular formula is C57H37N5. The van der Waals surface area contributed by atoms with Gasteiger partial charge in [-0.25, -0.2) is 0 Å². The summed E-state index contributed by atoms with van der Waals surface area (Å²) >= 11 is 0. The zero-order valence-electron chi connectivity index (χ0n) is 52.1. The number of rotatable bonds is 7. The Morgan fingerprint density at radius 1 is 0.306 bits per heavy atom. The Morgan fingerprint density at radius 3 is 1.31 bits per heavy atom. The van der Waals surface area contributed by atoms with Gasteiger partial charge in [0.2, 0.25) is 11.9 Å². The predicted octanol–water partition coefficient (Wildman–Crippen LogP) is 14.4. The van der Waals surface area contributed by atoms with Crippen LogP contribution in [0.4, 0.5) is 0 Å². The second-order valence-electron chi connectivity index (χ2n) is 14.1. The molecule has 9 aromatic carbocycles. The van der Waals surface area contributed by atoms with Gasteiger partial charge in [-0.1, -0.05) is 200 Å². The molecule has 12 aromatic rings. The minimum Gasteiger partial charge on any atom is -0.278 e. The first kappa shape index (κ1) is 20.7. The predicted molar refractivity (Wildman–Crippen MR) is 256 cm³/mol. The van der Waals surface area contributed by atoms with E-state index in [4.69, 9.17) is 32.8 Å². The van der Waals surface area contributed by atoms with Crippen molar-refractivity contribution in [2.24, 2.45) is 0 Å². The molecule has 290 valence electrons. The van der Waals surface area contributed by atoms with Crippen molar-refractivity contribution in [1.82, 2.24) is 24.1 Å². The molecule has 0 aliphatic heterocycles. The number of nitrogens with zero attached hydrogens (tertiary/aromatic N) is 5. The normalized spacial score (nSPS) is 16.1. The van der Waals surface area contributed by atoms with Gasteiger partial charge >= 0.3 is 0 Å². The van der Waals surface area contributed by atoms with Crippen molar-refractivity contribution in [1.29, 1.82) is 0 Å². The molecule has 3 heterocycles. The lowest BCUT2D eigenvalue weighted by Crippen LogP contribution is -2.10. The first-order valence-corrected chi connectivity index (χ1v) is 19.3. The molecule has 0 amide bonds. The summed E-state index contributed by atoms with van der Waals surface area (Å²) in [7, 11) is 0. The van der Waals surface area contributed by atoms with E-state index < -0.39 is 160 Å². The number of fused-ring (bicyclic) bond motifs is 6. The molecule has 0 atom stereocenters. The summed E-state index contributed by atoms with van der Waals surface area (Å²) in [6.45, 7) is 0. The molecule has 0 radical (unpaired) electrons. The molecule has 5 nitrogen and oxygen atoms in total. The standard InChI is InChI=1S/C57H37N5/c1-3-17-38(18-4-1)42-35-36-50-49-27-13-16-30-53(49)62(54(50)37-42)57-59-55(58-56(60-57)61-51-28-14-11-25-47(51)48-26-12-15-29-52(48)61)41-33-31-40(32-34-41)44-22-8-10-24-46(44)45-23-9-7-21-43(45)39-19-5-2-6-20-39/h1-37H/i1D,3D,4D,11D,12D,13D,14D,15D,16D,17D,18D,25D,26D,27D,28D,29D,30D,35D,36D,37D. The van der Waals surface area contributed by atoms with Crippen molar-refractivity contribution < 1.29 is 27.4 Å². The van der Waals surface area contributed by atoms with E-state index in [0.29, 0.717) is 0 Å². The average molecular weight is 812 g/mol. The van der Waals surface area contributed by atoms with E-state index >= 15 is 0 Å². The minimum absolute atomic E-state index is 0.234. The molecule has 62 heavy (non-hydrogen) atoms. The molecule has 0 saturated carbocycles. The van der Waals surface area contributed by atoms with Crippen LogP contribution in [-0.4, -0.2) is 24.1 Å². The largest absolute Gasteiger partial charge is 0.278 e. The third kappa shape index (κ3) is 5.90. The van der Waals surface area contributed by atoms with Crippen molar-refractivity contribution in [3.05, 3.63) is 224 Å². The molecule has 0 spiro atoms. The third-order valence-corrected chi connectivity index (χ3v) is 10.6. The summed E-state index contributed by atoms with van der Waals surface area (Å²) in [5, 5.41) is -1.44. The summed E-state index contributed by atoms with van der Waals surface area (Å²) in [4.78, 5) is 14.6. The summed E-state index contributed by atoms with van der Waals surface area (Å²) in [6, 6.07) is 17.5. The van der Waals surface area contributed by atoms with Crippen LogP contribution >= 0.6 is 0 Å². The lowest BCUT2D eigenvalue weighted by atomic mass is 9.89. The Morgan fingerprint density at radius 2 is 0.742 bits per heavy atom. The van der Waals surface area contributed by atoms with E-state index in [0.717, 1.165) is 42.5 Å². The van der Waals surface area contributed by atoms with Crippen LogP contribution in [0.25, 0.3) is 111 Å². The van der Waals surface area contributed by atoms with E-state index in [1.807, 2.05) is 78.9 Å². The fourth-order valence-electron chi connectivity index (χ4n) is 7.87. The molecule has 0 N–H and O–H groups in total. The van der Waals surface area contributed by atoms with E-state index in [-0.39, 0.29) is 38.6 Å². The molecule has 0 bridgehead atoms. The Bertz CT molecular complexity index is 4700. The highest BCUT2D eigenvalue weighted by atomic mass is 15.3. The SMILES string of the molecule is [2H]c1c([2H])c([2H])c(-c2c([2H])c([2H])c3c4c([2H])c([2H])c([2H])c([2H])c4n(-c4nc(-c5ccc(-c6ccccc6-c6ccccc6-c6ccccc6)cc5)nc(-n5c6c([2H])c([2H])c([2H])c([2H])c6c6c([2H])c([2H])c([2H])c([2H])c65)n4)c3c2[2H])c([2H])c1[2H]. The molecule has 3 aromatic heterocycles. The maximum absolute atomic E-state index is 9.92. The summed E-state index contributed by atoms with van der Waals surface area (Å²) < 4.78 is 182. The smallest absolute Gasteiger partial charge is 0.240 e. The van der Waals surface area contributed by atoms with Gasteiger partial charge in [0, 0.05) is 27.1 Å². The van der Waals surface area contributed by atoms with E-state index in [1.54, 1.807) is 24.3 Å². The van der Waals surface area contributed by atoms with Crippen molar-refractivity contribution in [2.45, 2.75) is 0 Å². The van der Waals surface area contributed by atoms with Gasteiger partial charge in [0.1, 0.15) is 0 Å². The van der Waals surface area contributed by atoms with E-state index in [9.17, 15) is 9.60 Å². The van der Waals surface area contributed by atoms with E-state index in [1.165, 1.54) is 0 Å². The van der Waals surface area contributed by atoms with Crippen LogP contribution in [0.1, 0.15) is 27.4 Å². The van der Waals surface area contributed by atoms with Crippen LogP contribution in [0.5, 0.6) is 0 Å². The van der Waals surface area contributed by atoms with Crippen LogP contribution in [-0.2, 0) is 0 Å². The number of aromatic nitrogens is 5. The van der Waals surface area contributed by atoms with Crippen LogP contribution in [0.3, 0.4) is 0 Å². The highest BCUT2D eigenvalue weighted by molar-refractivity contribution is 6.11. The van der Waals surface area contributed by atoms with Gasteiger partial charge in [-0.15, -0.1) is 0 Å². The maximum atomic E-state index is 9.92. The van der Waals surface area contributed by atoms with Gasteiger partial charge in [-0.05, 0) is 68.7 Å². The van der Waals surface area contributed by atoms with Gasteiger partial charge in [-0.3, -0.25) is 9.13 Å². The Balaban J connectivity index is 1.22. The first-order chi connectivity index (χ1) is 39.1. The van der Waals surface area contributed by atoms with Crippen LogP contribution < -0.4 is 0 Å². The Labute approximate surface area is 386 Å². The molecule has 12 rings (SSSR count). The fourth-order valence-corrected chi connectivity index (χ4v) is 7.87. The number of benzene rings is 9. The van der Waals surface area contributed by atoms with Crippen LogP contribution in [0.2, 0.25) is 0 Å². The minimum atomic E-state index is -0.824. The average Bonchev–Trinajstić information content (AvgIpc) is 1.80. The quantitative estimate of drug-likeness (QED) is 0.161.